The third-order valence-electron chi connectivity index (χ3n) is 4.09. The summed E-state index contributed by atoms with van der Waals surface area (Å²) in [7, 11) is 0. The first kappa shape index (κ1) is 21.8. The van der Waals surface area contributed by atoms with Gasteiger partial charge < -0.3 is 36.6 Å². The highest BCUT2D eigenvalue weighted by Gasteiger charge is 2.38. The van der Waals surface area contributed by atoms with Gasteiger partial charge in [-0.1, -0.05) is 0 Å². The number of rotatable bonds is 8. The van der Waals surface area contributed by atoms with Crippen molar-refractivity contribution in [3.05, 3.63) is 0 Å². The monoisotopic (exact) mass is 374 g/mol. The summed E-state index contributed by atoms with van der Waals surface area (Å²) in [4.78, 5) is 48.9. The van der Waals surface area contributed by atoms with Crippen LogP contribution in [0.3, 0.4) is 0 Å². The smallest absolute Gasteiger partial charge is 0.328 e. The minimum absolute atomic E-state index is 0.357. The molecule has 148 valence electrons. The number of aliphatic hydroxyl groups is 2. The zero-order valence-corrected chi connectivity index (χ0v) is 14.7. The molecule has 1 aliphatic rings. The highest BCUT2D eigenvalue weighted by molar-refractivity contribution is 5.94. The molecule has 0 aliphatic carbocycles. The topological polar surface area (TPSA) is 182 Å². The number of carbonyl (C=O) groups excluding carboxylic acids is 3. The van der Waals surface area contributed by atoms with Crippen LogP contribution in [0.15, 0.2) is 0 Å². The molecular weight excluding hydrogens is 348 g/mol. The first-order chi connectivity index (χ1) is 12.1. The van der Waals surface area contributed by atoms with Crippen molar-refractivity contribution in [3.8, 4) is 0 Å². The first-order valence-corrected chi connectivity index (χ1v) is 8.28. The van der Waals surface area contributed by atoms with Crippen molar-refractivity contribution in [2.24, 2.45) is 5.73 Å². The van der Waals surface area contributed by atoms with Crippen molar-refractivity contribution >= 4 is 23.7 Å². The van der Waals surface area contributed by atoms with Gasteiger partial charge in [0.1, 0.15) is 18.1 Å². The van der Waals surface area contributed by atoms with Crippen LogP contribution in [0.5, 0.6) is 0 Å². The Bertz CT molecular complexity index is 552. The Labute approximate surface area is 150 Å². The van der Waals surface area contributed by atoms with Crippen molar-refractivity contribution < 1.29 is 34.5 Å². The van der Waals surface area contributed by atoms with Crippen LogP contribution in [-0.2, 0) is 19.2 Å². The second kappa shape index (κ2) is 9.46. The summed E-state index contributed by atoms with van der Waals surface area (Å²) in [5.74, 6) is -3.46. The first-order valence-electron chi connectivity index (χ1n) is 8.28. The normalized spacial score (nSPS) is 21.4. The molecule has 11 nitrogen and oxygen atoms in total. The van der Waals surface area contributed by atoms with Crippen molar-refractivity contribution in [2.75, 3.05) is 13.2 Å². The van der Waals surface area contributed by atoms with E-state index in [9.17, 15) is 24.3 Å². The maximum Gasteiger partial charge on any atom is 0.328 e. The molecule has 0 spiro atoms. The average Bonchev–Trinajstić information content (AvgIpc) is 3.05. The number of nitrogens with two attached hydrogens (primary N) is 1. The highest BCUT2D eigenvalue weighted by atomic mass is 16.4. The SMILES string of the molecule is CC(N)C(=O)N1CCCC1C(=O)NC(C(=O)NC(CO)C(=O)O)C(C)O. The molecule has 1 heterocycles. The number of nitrogens with one attached hydrogen (secondary N) is 2. The zero-order chi connectivity index (χ0) is 20.0. The molecular formula is C15H26N4O7. The standard InChI is InChI=1S/C15H26N4O7/c1-7(16)14(24)19-5-3-4-10(19)12(22)18-11(8(2)21)13(23)17-9(6-20)15(25)26/h7-11,20-21H,3-6,16H2,1-2H3,(H,17,23)(H,18,22)(H,25,26). The Morgan fingerprint density at radius 3 is 2.31 bits per heavy atom. The molecule has 26 heavy (non-hydrogen) atoms. The van der Waals surface area contributed by atoms with Gasteiger partial charge >= 0.3 is 5.97 Å². The van der Waals surface area contributed by atoms with Gasteiger partial charge in [-0.25, -0.2) is 4.79 Å². The molecule has 0 saturated carbocycles. The molecule has 1 rings (SSSR count). The lowest BCUT2D eigenvalue weighted by molar-refractivity contribution is -0.144. The number of carboxylic acids is 1. The molecule has 3 amide bonds. The fraction of sp³-hybridized carbons (Fsp3) is 0.733. The second-order valence-corrected chi connectivity index (χ2v) is 6.29. The van der Waals surface area contributed by atoms with Crippen LogP contribution < -0.4 is 16.4 Å². The highest BCUT2D eigenvalue weighted by Crippen LogP contribution is 2.18. The number of hydrogen-bond acceptors (Lipinski definition) is 7. The van der Waals surface area contributed by atoms with E-state index < -0.39 is 60.6 Å². The van der Waals surface area contributed by atoms with E-state index in [0.29, 0.717) is 19.4 Å². The molecule has 0 aromatic carbocycles. The average molecular weight is 374 g/mol. The number of nitrogens with zero attached hydrogens (tertiary/aromatic N) is 1. The Kier molecular flexibility index (Phi) is 7.93. The number of carboxylic acid groups (broad SMARTS) is 1. The van der Waals surface area contributed by atoms with Crippen molar-refractivity contribution in [1.82, 2.24) is 15.5 Å². The van der Waals surface area contributed by atoms with Gasteiger partial charge in [-0.3, -0.25) is 14.4 Å². The maximum atomic E-state index is 12.5. The van der Waals surface area contributed by atoms with Gasteiger partial charge in [-0.2, -0.15) is 0 Å². The van der Waals surface area contributed by atoms with Gasteiger partial charge in [0.25, 0.3) is 0 Å². The van der Waals surface area contributed by atoms with Crippen LogP contribution in [0.25, 0.3) is 0 Å². The van der Waals surface area contributed by atoms with E-state index in [4.69, 9.17) is 15.9 Å². The van der Waals surface area contributed by atoms with Crippen LogP contribution in [0.1, 0.15) is 26.7 Å². The molecule has 5 atom stereocenters. The van der Waals surface area contributed by atoms with Crippen LogP contribution in [-0.4, -0.2) is 87.3 Å². The van der Waals surface area contributed by atoms with E-state index in [1.54, 1.807) is 0 Å². The predicted octanol–water partition coefficient (Wildman–Crippen LogP) is -3.25. The fourth-order valence-electron chi connectivity index (χ4n) is 2.67. The molecule has 5 unspecified atom stereocenters. The van der Waals surface area contributed by atoms with Crippen molar-refractivity contribution in [2.45, 2.75) is 57.0 Å². The third-order valence-corrected chi connectivity index (χ3v) is 4.09. The quantitative estimate of drug-likeness (QED) is 0.256. The van der Waals surface area contributed by atoms with Gasteiger partial charge in [0.15, 0.2) is 0 Å². The molecule has 0 aromatic heterocycles. The van der Waals surface area contributed by atoms with E-state index in [-0.39, 0.29) is 0 Å². The number of aliphatic hydroxyl groups excluding tert-OH is 2. The summed E-state index contributed by atoms with van der Waals surface area (Å²) < 4.78 is 0. The Hall–Kier alpha value is -2.24. The lowest BCUT2D eigenvalue weighted by Crippen LogP contribution is -2.59. The van der Waals surface area contributed by atoms with Crippen LogP contribution in [0.2, 0.25) is 0 Å². The van der Waals surface area contributed by atoms with E-state index in [1.165, 1.54) is 18.7 Å². The van der Waals surface area contributed by atoms with Crippen molar-refractivity contribution in [1.29, 1.82) is 0 Å². The third kappa shape index (κ3) is 5.38. The minimum Gasteiger partial charge on any atom is -0.480 e. The molecule has 0 aromatic rings. The molecule has 0 radical (unpaired) electrons. The summed E-state index contributed by atoms with van der Waals surface area (Å²) in [5, 5.41) is 32.0. The lowest BCUT2D eigenvalue weighted by Gasteiger charge is -2.28. The molecule has 1 aliphatic heterocycles. The maximum absolute atomic E-state index is 12.5. The van der Waals surface area contributed by atoms with Gasteiger partial charge in [-0.05, 0) is 26.7 Å². The van der Waals surface area contributed by atoms with Crippen LogP contribution in [0, 0.1) is 0 Å². The predicted molar refractivity (Wildman–Crippen MR) is 88.6 cm³/mol. The zero-order valence-electron chi connectivity index (χ0n) is 14.7. The summed E-state index contributed by atoms with van der Waals surface area (Å²) >= 11 is 0. The lowest BCUT2D eigenvalue weighted by atomic mass is 10.1. The number of aliphatic carboxylic acids is 1. The van der Waals surface area contributed by atoms with Crippen molar-refractivity contribution in [3.63, 3.8) is 0 Å². The molecule has 11 heteroatoms. The summed E-state index contributed by atoms with van der Waals surface area (Å²) in [6, 6.07) is -4.61. The second-order valence-electron chi connectivity index (χ2n) is 6.29. The van der Waals surface area contributed by atoms with E-state index in [0.717, 1.165) is 0 Å². The minimum atomic E-state index is -1.57. The van der Waals surface area contributed by atoms with Crippen LogP contribution >= 0.6 is 0 Å². The van der Waals surface area contributed by atoms with E-state index in [2.05, 4.69) is 5.32 Å². The molecule has 7 N–H and O–H groups in total. The fourth-order valence-corrected chi connectivity index (χ4v) is 2.67. The van der Waals surface area contributed by atoms with Gasteiger partial charge in [0.05, 0.1) is 18.8 Å². The number of likely N-dealkylation sites (tertiary alicyclic amines) is 1. The number of amides is 3. The molecule has 1 fully saturated rings. The Morgan fingerprint density at radius 2 is 1.85 bits per heavy atom. The van der Waals surface area contributed by atoms with Crippen LogP contribution in [0.4, 0.5) is 0 Å². The summed E-state index contributed by atoms with van der Waals surface area (Å²) in [5.41, 5.74) is 5.57. The Balaban J connectivity index is 2.83. The summed E-state index contributed by atoms with van der Waals surface area (Å²) in [6.07, 6.45) is -0.355. The largest absolute Gasteiger partial charge is 0.480 e. The van der Waals surface area contributed by atoms with Gasteiger partial charge in [-0.15, -0.1) is 0 Å². The van der Waals surface area contributed by atoms with E-state index >= 15 is 0 Å². The molecule has 1 saturated heterocycles. The Morgan fingerprint density at radius 1 is 1.23 bits per heavy atom. The number of hydrogen-bond donors (Lipinski definition) is 6. The molecule has 0 bridgehead atoms. The summed E-state index contributed by atoms with van der Waals surface area (Å²) in [6.45, 7) is 2.26. The number of carbonyl (C=O) groups is 4. The van der Waals surface area contributed by atoms with Gasteiger partial charge in [0, 0.05) is 6.54 Å². The van der Waals surface area contributed by atoms with Gasteiger partial charge in [0.2, 0.25) is 17.7 Å². The van der Waals surface area contributed by atoms with E-state index in [1.807, 2.05) is 5.32 Å².